The fourth-order valence-electron chi connectivity index (χ4n) is 2.32. The van der Waals surface area contributed by atoms with Crippen LogP contribution in [0, 0.1) is 13.8 Å². The van der Waals surface area contributed by atoms with E-state index < -0.39 is 0 Å². The number of aliphatic imine (C=N–C) groups is 1. The lowest BCUT2D eigenvalue weighted by molar-refractivity contribution is 0.795. The van der Waals surface area contributed by atoms with E-state index in [0.717, 1.165) is 22.3 Å². The number of aryl methyl sites for hydroxylation is 2. The van der Waals surface area contributed by atoms with Gasteiger partial charge in [-0.2, -0.15) is 0 Å². The molecule has 0 aliphatic carbocycles. The Kier molecular flexibility index (Phi) is 4.57. The van der Waals surface area contributed by atoms with Gasteiger partial charge in [0.15, 0.2) is 5.96 Å². The minimum Gasteiger partial charge on any atom is -0.351 e. The smallest absolute Gasteiger partial charge is 0.191 e. The Morgan fingerprint density at radius 1 is 1.26 bits per heavy atom. The second kappa shape index (κ2) is 6.78. The molecule has 0 saturated carbocycles. The summed E-state index contributed by atoms with van der Waals surface area (Å²) >= 11 is 1.69. The summed E-state index contributed by atoms with van der Waals surface area (Å²) in [5, 5.41) is 7.60. The second-order valence-electron chi connectivity index (χ2n) is 5.27. The topological polar surface area (TPSA) is 66.6 Å². The van der Waals surface area contributed by atoms with E-state index in [9.17, 15) is 0 Å². The van der Waals surface area contributed by atoms with Gasteiger partial charge in [0.1, 0.15) is 10.7 Å². The predicted octanol–water partition coefficient (Wildman–Crippen LogP) is 2.27. The van der Waals surface area contributed by atoms with Crippen molar-refractivity contribution in [3.63, 3.8) is 0 Å². The Morgan fingerprint density at radius 3 is 2.78 bits per heavy atom. The molecule has 3 heterocycles. The van der Waals surface area contributed by atoms with Gasteiger partial charge in [-0.1, -0.05) is 6.07 Å². The molecule has 3 rings (SSSR count). The van der Waals surface area contributed by atoms with E-state index >= 15 is 0 Å². The van der Waals surface area contributed by atoms with Crippen molar-refractivity contribution in [2.45, 2.75) is 26.9 Å². The van der Waals surface area contributed by atoms with Crippen molar-refractivity contribution in [2.24, 2.45) is 4.99 Å². The zero-order chi connectivity index (χ0) is 16.2. The third kappa shape index (κ3) is 3.68. The number of pyridine rings is 1. The maximum Gasteiger partial charge on any atom is 0.191 e. The zero-order valence-corrected chi connectivity index (χ0v) is 14.3. The van der Waals surface area contributed by atoms with Crippen LogP contribution in [-0.2, 0) is 13.1 Å². The fraction of sp³-hybridized carbons (Fsp3) is 0.312. The molecule has 0 aliphatic rings. The molecule has 3 aromatic rings. The monoisotopic (exact) mass is 328 g/mol. The van der Waals surface area contributed by atoms with Gasteiger partial charge in [-0.15, -0.1) is 11.3 Å². The van der Waals surface area contributed by atoms with Gasteiger partial charge in [0.2, 0.25) is 0 Å². The first-order chi connectivity index (χ1) is 11.2. The number of hydrogen-bond acceptors (Lipinski definition) is 4. The van der Waals surface area contributed by atoms with Gasteiger partial charge in [0.25, 0.3) is 0 Å². The van der Waals surface area contributed by atoms with E-state index in [2.05, 4.69) is 56.1 Å². The SMILES string of the molecule is CN=C(NCc1cn2c(C)cccc2n1)NCc1ncc(C)s1. The summed E-state index contributed by atoms with van der Waals surface area (Å²) in [4.78, 5) is 14.4. The first-order valence-electron chi connectivity index (χ1n) is 7.45. The summed E-state index contributed by atoms with van der Waals surface area (Å²) in [5.74, 6) is 0.742. The molecule has 2 N–H and O–H groups in total. The molecular formula is C16H20N6S. The van der Waals surface area contributed by atoms with Gasteiger partial charge < -0.3 is 15.0 Å². The highest BCUT2D eigenvalue weighted by Gasteiger charge is 2.05. The first kappa shape index (κ1) is 15.5. The Bertz CT molecular complexity index is 832. The van der Waals surface area contributed by atoms with Crippen LogP contribution in [0.25, 0.3) is 5.65 Å². The molecule has 0 aromatic carbocycles. The van der Waals surface area contributed by atoms with Crippen molar-refractivity contribution in [3.05, 3.63) is 51.9 Å². The van der Waals surface area contributed by atoms with Crippen LogP contribution < -0.4 is 10.6 Å². The van der Waals surface area contributed by atoms with E-state index in [4.69, 9.17) is 0 Å². The molecule has 0 saturated heterocycles. The quantitative estimate of drug-likeness (QED) is 0.569. The van der Waals surface area contributed by atoms with Crippen molar-refractivity contribution in [3.8, 4) is 0 Å². The zero-order valence-electron chi connectivity index (χ0n) is 13.5. The van der Waals surface area contributed by atoms with Crippen LogP contribution in [0.3, 0.4) is 0 Å². The predicted molar refractivity (Wildman–Crippen MR) is 93.8 cm³/mol. The van der Waals surface area contributed by atoms with Crippen LogP contribution in [-0.4, -0.2) is 27.4 Å². The van der Waals surface area contributed by atoms with Crippen LogP contribution >= 0.6 is 11.3 Å². The number of thiazole rings is 1. The van der Waals surface area contributed by atoms with Crippen molar-refractivity contribution in [1.82, 2.24) is 25.0 Å². The molecule has 0 spiro atoms. The van der Waals surface area contributed by atoms with E-state index in [1.165, 1.54) is 10.6 Å². The molecule has 0 unspecified atom stereocenters. The van der Waals surface area contributed by atoms with Crippen LogP contribution in [0.2, 0.25) is 0 Å². The molecule has 0 atom stereocenters. The van der Waals surface area contributed by atoms with Crippen LogP contribution in [0.4, 0.5) is 0 Å². The van der Waals surface area contributed by atoms with Crippen molar-refractivity contribution in [2.75, 3.05) is 7.05 Å². The van der Waals surface area contributed by atoms with Gasteiger partial charge in [-0.3, -0.25) is 4.99 Å². The summed E-state index contributed by atoms with van der Waals surface area (Å²) in [6, 6.07) is 6.10. The molecule has 120 valence electrons. The lowest BCUT2D eigenvalue weighted by atomic mass is 10.4. The van der Waals surface area contributed by atoms with Gasteiger partial charge >= 0.3 is 0 Å². The number of imidazole rings is 1. The maximum absolute atomic E-state index is 4.61. The number of nitrogens with zero attached hydrogens (tertiary/aromatic N) is 4. The number of hydrogen-bond donors (Lipinski definition) is 2. The maximum atomic E-state index is 4.61. The standard InChI is InChI=1S/C16H20N6S/c1-11-5-4-6-14-21-13(10-22(11)14)8-19-16(17-3)20-9-15-18-7-12(2)23-15/h4-7,10H,8-9H2,1-3H3,(H2,17,19,20). The van der Waals surface area contributed by atoms with Crippen molar-refractivity contribution in [1.29, 1.82) is 0 Å². The Labute approximate surface area is 139 Å². The molecule has 3 aromatic heterocycles. The van der Waals surface area contributed by atoms with Crippen LogP contribution in [0.15, 0.2) is 35.6 Å². The Morgan fingerprint density at radius 2 is 2.09 bits per heavy atom. The number of fused-ring (bicyclic) bond motifs is 1. The molecule has 0 aliphatic heterocycles. The average molecular weight is 328 g/mol. The van der Waals surface area contributed by atoms with E-state index in [0.29, 0.717) is 13.1 Å². The number of guanidine groups is 1. The highest BCUT2D eigenvalue weighted by atomic mass is 32.1. The number of rotatable bonds is 4. The van der Waals surface area contributed by atoms with Gasteiger partial charge in [-0.05, 0) is 26.0 Å². The molecule has 0 fully saturated rings. The summed E-state index contributed by atoms with van der Waals surface area (Å²) in [7, 11) is 1.76. The van der Waals surface area contributed by atoms with Crippen LogP contribution in [0.1, 0.15) is 21.3 Å². The molecule has 0 amide bonds. The molecule has 6 nitrogen and oxygen atoms in total. The minimum atomic E-state index is 0.623. The van der Waals surface area contributed by atoms with Gasteiger partial charge in [0, 0.05) is 30.0 Å². The molecule has 23 heavy (non-hydrogen) atoms. The van der Waals surface area contributed by atoms with Crippen LogP contribution in [0.5, 0.6) is 0 Å². The third-order valence-corrected chi connectivity index (χ3v) is 4.40. The second-order valence-corrected chi connectivity index (χ2v) is 6.59. The summed E-state index contributed by atoms with van der Waals surface area (Å²) < 4.78 is 2.09. The lowest BCUT2D eigenvalue weighted by Crippen LogP contribution is -2.36. The van der Waals surface area contributed by atoms with E-state index in [1.807, 2.05) is 18.3 Å². The van der Waals surface area contributed by atoms with Gasteiger partial charge in [-0.25, -0.2) is 9.97 Å². The average Bonchev–Trinajstić information content (AvgIpc) is 3.14. The lowest BCUT2D eigenvalue weighted by Gasteiger charge is -2.09. The minimum absolute atomic E-state index is 0.623. The number of nitrogens with one attached hydrogen (secondary N) is 2. The normalized spacial score (nSPS) is 11.9. The largest absolute Gasteiger partial charge is 0.351 e. The molecule has 0 radical (unpaired) electrons. The summed E-state index contributed by atoms with van der Waals surface area (Å²) in [5.41, 5.74) is 3.11. The number of aromatic nitrogens is 3. The van der Waals surface area contributed by atoms with Crippen molar-refractivity contribution >= 4 is 22.9 Å². The summed E-state index contributed by atoms with van der Waals surface area (Å²) in [6.07, 6.45) is 3.94. The summed E-state index contributed by atoms with van der Waals surface area (Å²) in [6.45, 7) is 5.42. The third-order valence-electron chi connectivity index (χ3n) is 3.48. The van der Waals surface area contributed by atoms with Crippen molar-refractivity contribution < 1.29 is 0 Å². The highest BCUT2D eigenvalue weighted by Crippen LogP contribution is 2.10. The Hall–Kier alpha value is -2.41. The Balaban J connectivity index is 1.59. The molecule has 7 heteroatoms. The molecule has 0 bridgehead atoms. The molecular weight excluding hydrogens is 308 g/mol. The van der Waals surface area contributed by atoms with Gasteiger partial charge in [0.05, 0.1) is 18.8 Å². The van der Waals surface area contributed by atoms with E-state index in [1.54, 1.807) is 18.4 Å². The fourth-order valence-corrected chi connectivity index (χ4v) is 3.05. The first-order valence-corrected chi connectivity index (χ1v) is 8.27. The highest BCUT2D eigenvalue weighted by molar-refractivity contribution is 7.11. The van der Waals surface area contributed by atoms with E-state index in [-0.39, 0.29) is 0 Å².